The van der Waals surface area contributed by atoms with Crippen LogP contribution >= 0.6 is 11.6 Å². The van der Waals surface area contributed by atoms with Gasteiger partial charge in [-0.25, -0.2) is 0 Å². The van der Waals surface area contributed by atoms with E-state index in [1.807, 2.05) is 0 Å². The first-order valence-corrected chi connectivity index (χ1v) is 7.33. The maximum absolute atomic E-state index is 6.24. The molecule has 0 amide bonds. The molecule has 0 nitrogen and oxygen atoms in total. The largest absolute Gasteiger partial charge is 0.123 e. The molecular formula is C14H27Cl. The summed E-state index contributed by atoms with van der Waals surface area (Å²) >= 11 is 6.24. The van der Waals surface area contributed by atoms with E-state index in [0.717, 1.165) is 11.8 Å². The van der Waals surface area contributed by atoms with Crippen molar-refractivity contribution in [3.05, 3.63) is 0 Å². The highest BCUT2D eigenvalue weighted by atomic mass is 35.5. The van der Waals surface area contributed by atoms with Gasteiger partial charge in [0.25, 0.3) is 0 Å². The number of hydrogen-bond donors (Lipinski definition) is 0. The minimum atomic E-state index is 0.479. The Morgan fingerprint density at radius 1 is 1.27 bits per heavy atom. The lowest BCUT2D eigenvalue weighted by Crippen LogP contribution is -2.18. The highest BCUT2D eigenvalue weighted by Gasteiger charge is 2.22. The summed E-state index contributed by atoms with van der Waals surface area (Å²) < 4.78 is 0. The Balaban J connectivity index is 2.24. The van der Waals surface area contributed by atoms with Crippen LogP contribution in [0.4, 0.5) is 0 Å². The summed E-state index contributed by atoms with van der Waals surface area (Å²) in [4.78, 5) is 0. The summed E-state index contributed by atoms with van der Waals surface area (Å²) in [6.45, 7) is 4.64. The quantitative estimate of drug-likeness (QED) is 0.537. The molecule has 1 aliphatic carbocycles. The minimum Gasteiger partial charge on any atom is -0.123 e. The van der Waals surface area contributed by atoms with Crippen molar-refractivity contribution < 1.29 is 0 Å². The van der Waals surface area contributed by atoms with Crippen molar-refractivity contribution in [1.82, 2.24) is 0 Å². The maximum atomic E-state index is 6.24. The van der Waals surface area contributed by atoms with E-state index in [9.17, 15) is 0 Å². The van der Waals surface area contributed by atoms with Crippen LogP contribution in [0, 0.1) is 11.8 Å². The number of rotatable bonds is 6. The molecule has 0 aromatic heterocycles. The number of alkyl halides is 1. The van der Waals surface area contributed by atoms with Crippen molar-refractivity contribution in [2.45, 2.75) is 77.0 Å². The third-order valence-corrected chi connectivity index (χ3v) is 4.33. The molecule has 90 valence electrons. The van der Waals surface area contributed by atoms with Gasteiger partial charge in [-0.15, -0.1) is 11.6 Å². The molecule has 1 aliphatic rings. The van der Waals surface area contributed by atoms with Gasteiger partial charge in [-0.3, -0.25) is 0 Å². The fourth-order valence-electron chi connectivity index (χ4n) is 2.89. The molecule has 0 aromatic rings. The average molecular weight is 231 g/mol. The van der Waals surface area contributed by atoms with Gasteiger partial charge < -0.3 is 0 Å². The standard InChI is InChI=1S/C14H27Cl/c1-3-5-7-12(4-2)10-13-8-6-9-14(15)11-13/h12-14H,3-11H2,1-2H3. The number of halogens is 1. The normalized spacial score (nSPS) is 29.0. The van der Waals surface area contributed by atoms with Gasteiger partial charge in [-0.1, -0.05) is 52.4 Å². The van der Waals surface area contributed by atoms with Crippen molar-refractivity contribution >= 4 is 11.6 Å². The Hall–Kier alpha value is 0.290. The molecule has 0 heterocycles. The van der Waals surface area contributed by atoms with Gasteiger partial charge >= 0.3 is 0 Å². The molecule has 0 aromatic carbocycles. The van der Waals surface area contributed by atoms with Gasteiger partial charge in [-0.2, -0.15) is 0 Å². The predicted octanol–water partition coefficient (Wildman–Crippen LogP) is 5.39. The zero-order valence-electron chi connectivity index (χ0n) is 10.5. The van der Waals surface area contributed by atoms with Crippen LogP contribution in [0.5, 0.6) is 0 Å². The van der Waals surface area contributed by atoms with Crippen LogP contribution in [0.3, 0.4) is 0 Å². The van der Waals surface area contributed by atoms with Gasteiger partial charge in [-0.05, 0) is 31.1 Å². The summed E-state index contributed by atoms with van der Waals surface area (Å²) in [5.41, 5.74) is 0. The smallest absolute Gasteiger partial charge is 0.0338 e. The van der Waals surface area contributed by atoms with Gasteiger partial charge in [0.1, 0.15) is 0 Å². The summed E-state index contributed by atoms with van der Waals surface area (Å²) in [6.07, 6.45) is 12.3. The number of hydrogen-bond acceptors (Lipinski definition) is 0. The third-order valence-electron chi connectivity index (χ3n) is 3.93. The molecule has 3 unspecified atom stereocenters. The number of unbranched alkanes of at least 4 members (excludes halogenated alkanes) is 1. The fraction of sp³-hybridized carbons (Fsp3) is 1.00. The van der Waals surface area contributed by atoms with Crippen LogP contribution < -0.4 is 0 Å². The van der Waals surface area contributed by atoms with Gasteiger partial charge in [0, 0.05) is 5.38 Å². The highest BCUT2D eigenvalue weighted by Crippen LogP contribution is 2.34. The van der Waals surface area contributed by atoms with Crippen LogP contribution in [-0.2, 0) is 0 Å². The van der Waals surface area contributed by atoms with Crippen LogP contribution in [0.15, 0.2) is 0 Å². The molecule has 1 fully saturated rings. The second-order valence-electron chi connectivity index (χ2n) is 5.28. The predicted molar refractivity (Wildman–Crippen MR) is 69.5 cm³/mol. The van der Waals surface area contributed by atoms with Crippen molar-refractivity contribution in [1.29, 1.82) is 0 Å². The molecule has 0 spiro atoms. The van der Waals surface area contributed by atoms with E-state index in [-0.39, 0.29) is 0 Å². The molecule has 0 saturated heterocycles. The molecule has 15 heavy (non-hydrogen) atoms. The molecule has 0 aliphatic heterocycles. The summed E-state index contributed by atoms with van der Waals surface area (Å²) in [5, 5.41) is 0.479. The van der Waals surface area contributed by atoms with Gasteiger partial charge in [0.15, 0.2) is 0 Å². The van der Waals surface area contributed by atoms with Crippen LogP contribution in [0.1, 0.15) is 71.6 Å². The zero-order valence-corrected chi connectivity index (χ0v) is 11.2. The van der Waals surface area contributed by atoms with E-state index in [1.54, 1.807) is 0 Å². The fourth-order valence-corrected chi connectivity index (χ4v) is 3.30. The highest BCUT2D eigenvalue weighted by molar-refractivity contribution is 6.20. The second-order valence-corrected chi connectivity index (χ2v) is 5.90. The minimum absolute atomic E-state index is 0.479. The Morgan fingerprint density at radius 3 is 2.67 bits per heavy atom. The SMILES string of the molecule is CCCCC(CC)CC1CCCC(Cl)C1. The Labute approximate surface area is 101 Å². The molecule has 0 bridgehead atoms. The summed E-state index contributed by atoms with van der Waals surface area (Å²) in [5.74, 6) is 1.90. The van der Waals surface area contributed by atoms with E-state index in [0.29, 0.717) is 5.38 Å². The molecule has 0 radical (unpaired) electrons. The Kier molecular flexibility index (Phi) is 6.72. The first-order valence-electron chi connectivity index (χ1n) is 6.90. The van der Waals surface area contributed by atoms with Crippen LogP contribution in [-0.4, -0.2) is 5.38 Å². The molecule has 3 atom stereocenters. The molecule has 1 heteroatoms. The molecule has 1 rings (SSSR count). The third kappa shape index (κ3) is 5.24. The van der Waals surface area contributed by atoms with Crippen molar-refractivity contribution in [2.24, 2.45) is 11.8 Å². The lowest BCUT2D eigenvalue weighted by Gasteiger charge is -2.28. The molecular weight excluding hydrogens is 204 g/mol. The van der Waals surface area contributed by atoms with E-state index in [4.69, 9.17) is 11.6 Å². The van der Waals surface area contributed by atoms with Crippen LogP contribution in [0.2, 0.25) is 0 Å². The van der Waals surface area contributed by atoms with Gasteiger partial charge in [0.2, 0.25) is 0 Å². The van der Waals surface area contributed by atoms with E-state index >= 15 is 0 Å². The van der Waals surface area contributed by atoms with E-state index in [1.165, 1.54) is 57.8 Å². The maximum Gasteiger partial charge on any atom is 0.0338 e. The van der Waals surface area contributed by atoms with E-state index < -0.39 is 0 Å². The van der Waals surface area contributed by atoms with E-state index in [2.05, 4.69) is 13.8 Å². The lowest BCUT2D eigenvalue weighted by molar-refractivity contribution is 0.274. The Morgan fingerprint density at radius 2 is 2.07 bits per heavy atom. The van der Waals surface area contributed by atoms with Crippen molar-refractivity contribution in [3.8, 4) is 0 Å². The average Bonchev–Trinajstić information content (AvgIpc) is 2.24. The van der Waals surface area contributed by atoms with Crippen molar-refractivity contribution in [3.63, 3.8) is 0 Å². The van der Waals surface area contributed by atoms with Gasteiger partial charge in [0.05, 0.1) is 0 Å². The van der Waals surface area contributed by atoms with Crippen LogP contribution in [0.25, 0.3) is 0 Å². The Bertz CT molecular complexity index is 155. The molecule has 1 saturated carbocycles. The molecule has 0 N–H and O–H groups in total. The van der Waals surface area contributed by atoms with Crippen molar-refractivity contribution in [2.75, 3.05) is 0 Å². The summed E-state index contributed by atoms with van der Waals surface area (Å²) in [6, 6.07) is 0. The monoisotopic (exact) mass is 230 g/mol. The second kappa shape index (κ2) is 7.54. The zero-order chi connectivity index (χ0) is 11.1. The first kappa shape index (κ1) is 13.4. The first-order chi connectivity index (χ1) is 7.26. The topological polar surface area (TPSA) is 0 Å². The lowest BCUT2D eigenvalue weighted by atomic mass is 9.80. The summed E-state index contributed by atoms with van der Waals surface area (Å²) in [7, 11) is 0.